The molecule has 1 saturated heterocycles. The third-order valence-corrected chi connectivity index (χ3v) is 3.95. The van der Waals surface area contributed by atoms with Gasteiger partial charge in [0, 0.05) is 12.8 Å². The number of hydrogen-bond donors (Lipinski definition) is 2. The van der Waals surface area contributed by atoms with Crippen molar-refractivity contribution in [2.75, 3.05) is 13.1 Å². The molecular weight excluding hydrogens is 246 g/mol. The highest BCUT2D eigenvalue weighted by Crippen LogP contribution is 2.41. The number of hydrogen-bond acceptors (Lipinski definition) is 4. The normalized spacial score (nSPS) is 24.6. The van der Waals surface area contributed by atoms with Gasteiger partial charge in [-0.15, -0.1) is 0 Å². The first-order chi connectivity index (χ1) is 9.14. The summed E-state index contributed by atoms with van der Waals surface area (Å²) in [6.45, 7) is 1.33. The standard InChI is InChI=1S/C14H15NO4/c16-12-9-3-1-2-4-10(9)19-14(11(12)13(17)18)5-7-15-8-6-14/h1-4,11,15H,5-8H2,(H,17,18). The number of ether oxygens (including phenoxy) is 1. The first-order valence-corrected chi connectivity index (χ1v) is 6.40. The van der Waals surface area contributed by atoms with Crippen LogP contribution in [-0.4, -0.2) is 35.5 Å². The number of nitrogens with one attached hydrogen (secondary N) is 1. The fraction of sp³-hybridized carbons (Fsp3) is 0.429. The molecule has 19 heavy (non-hydrogen) atoms. The van der Waals surface area contributed by atoms with E-state index in [0.29, 0.717) is 37.2 Å². The van der Waals surface area contributed by atoms with E-state index >= 15 is 0 Å². The molecule has 5 nitrogen and oxygen atoms in total. The number of carboxylic acids is 1. The molecule has 1 atom stereocenters. The van der Waals surface area contributed by atoms with Gasteiger partial charge in [0.2, 0.25) is 0 Å². The van der Waals surface area contributed by atoms with Crippen LogP contribution in [0.15, 0.2) is 24.3 Å². The Balaban J connectivity index is 2.10. The minimum Gasteiger partial charge on any atom is -0.485 e. The van der Waals surface area contributed by atoms with Gasteiger partial charge < -0.3 is 15.2 Å². The van der Waals surface area contributed by atoms with E-state index in [1.807, 2.05) is 0 Å². The summed E-state index contributed by atoms with van der Waals surface area (Å²) < 4.78 is 5.96. The highest BCUT2D eigenvalue weighted by Gasteiger charge is 2.53. The van der Waals surface area contributed by atoms with Gasteiger partial charge >= 0.3 is 5.97 Å². The minimum atomic E-state index is -1.11. The molecule has 2 aliphatic heterocycles. The van der Waals surface area contributed by atoms with E-state index in [9.17, 15) is 14.7 Å². The molecule has 100 valence electrons. The maximum Gasteiger partial charge on any atom is 0.318 e. The van der Waals surface area contributed by atoms with E-state index in [-0.39, 0.29) is 5.78 Å². The molecule has 0 aromatic heterocycles. The second-order valence-electron chi connectivity index (χ2n) is 5.05. The van der Waals surface area contributed by atoms with Crippen molar-refractivity contribution in [3.63, 3.8) is 0 Å². The average Bonchev–Trinajstić information content (AvgIpc) is 2.39. The highest BCUT2D eigenvalue weighted by molar-refractivity contribution is 6.11. The summed E-state index contributed by atoms with van der Waals surface area (Å²) in [6, 6.07) is 6.87. The number of rotatable bonds is 1. The maximum atomic E-state index is 12.5. The Morgan fingerprint density at radius 2 is 2.00 bits per heavy atom. The Labute approximate surface area is 110 Å². The molecule has 2 heterocycles. The Morgan fingerprint density at radius 3 is 2.68 bits per heavy atom. The number of carbonyl (C=O) groups is 2. The topological polar surface area (TPSA) is 75.6 Å². The van der Waals surface area contributed by atoms with Crippen molar-refractivity contribution in [2.45, 2.75) is 18.4 Å². The van der Waals surface area contributed by atoms with Crippen molar-refractivity contribution >= 4 is 11.8 Å². The summed E-state index contributed by atoms with van der Waals surface area (Å²) >= 11 is 0. The molecule has 1 spiro atoms. The zero-order valence-electron chi connectivity index (χ0n) is 10.4. The molecule has 3 rings (SSSR count). The molecule has 2 aliphatic rings. The van der Waals surface area contributed by atoms with E-state index in [1.165, 1.54) is 0 Å². The fourth-order valence-electron chi connectivity index (χ4n) is 3.01. The number of para-hydroxylation sites is 1. The molecular formula is C14H15NO4. The summed E-state index contributed by atoms with van der Waals surface area (Å²) in [6.07, 6.45) is 1.06. The van der Waals surface area contributed by atoms with E-state index in [2.05, 4.69) is 5.32 Å². The van der Waals surface area contributed by atoms with Crippen LogP contribution in [0.3, 0.4) is 0 Å². The number of ketones is 1. The van der Waals surface area contributed by atoms with E-state index in [1.54, 1.807) is 24.3 Å². The Bertz CT molecular complexity index is 534. The van der Waals surface area contributed by atoms with Gasteiger partial charge in [-0.3, -0.25) is 9.59 Å². The number of benzene rings is 1. The van der Waals surface area contributed by atoms with Gasteiger partial charge in [-0.05, 0) is 25.2 Å². The molecule has 5 heteroatoms. The maximum absolute atomic E-state index is 12.5. The summed E-state index contributed by atoms with van der Waals surface area (Å²) in [5, 5.41) is 12.6. The lowest BCUT2D eigenvalue weighted by molar-refractivity contribution is -0.149. The van der Waals surface area contributed by atoms with Crippen molar-refractivity contribution in [3.8, 4) is 5.75 Å². The summed E-state index contributed by atoms with van der Waals surface area (Å²) in [5.74, 6) is -2.03. The average molecular weight is 261 g/mol. The van der Waals surface area contributed by atoms with Crippen molar-refractivity contribution < 1.29 is 19.4 Å². The van der Waals surface area contributed by atoms with Gasteiger partial charge in [-0.2, -0.15) is 0 Å². The van der Waals surface area contributed by atoms with Crippen LogP contribution < -0.4 is 10.1 Å². The molecule has 0 radical (unpaired) electrons. The fourth-order valence-corrected chi connectivity index (χ4v) is 3.01. The summed E-state index contributed by atoms with van der Waals surface area (Å²) in [7, 11) is 0. The summed E-state index contributed by atoms with van der Waals surface area (Å²) in [4.78, 5) is 24.0. The first kappa shape index (κ1) is 12.2. The SMILES string of the molecule is O=C(O)C1C(=O)c2ccccc2OC12CCNCC2. The minimum absolute atomic E-state index is 0.337. The van der Waals surface area contributed by atoms with E-state index < -0.39 is 17.5 Å². The lowest BCUT2D eigenvalue weighted by atomic mass is 9.74. The van der Waals surface area contributed by atoms with Crippen LogP contribution in [0.25, 0.3) is 0 Å². The molecule has 1 fully saturated rings. The molecule has 0 amide bonds. The van der Waals surface area contributed by atoms with Crippen molar-refractivity contribution in [2.24, 2.45) is 5.92 Å². The predicted molar refractivity (Wildman–Crippen MR) is 67.4 cm³/mol. The Kier molecular flexibility index (Phi) is 2.78. The van der Waals surface area contributed by atoms with Gasteiger partial charge in [-0.25, -0.2) is 0 Å². The Hall–Kier alpha value is -1.88. The number of piperidine rings is 1. The zero-order chi connectivity index (χ0) is 13.5. The molecule has 0 saturated carbocycles. The number of carbonyl (C=O) groups excluding carboxylic acids is 1. The third kappa shape index (κ3) is 1.81. The van der Waals surface area contributed by atoms with Crippen LogP contribution in [0.1, 0.15) is 23.2 Å². The highest BCUT2D eigenvalue weighted by atomic mass is 16.5. The van der Waals surface area contributed by atoms with E-state index in [4.69, 9.17) is 4.74 Å². The van der Waals surface area contributed by atoms with Crippen LogP contribution in [0.4, 0.5) is 0 Å². The first-order valence-electron chi connectivity index (χ1n) is 6.40. The molecule has 1 unspecified atom stereocenters. The van der Waals surface area contributed by atoms with Crippen molar-refractivity contribution in [1.82, 2.24) is 5.32 Å². The van der Waals surface area contributed by atoms with Gasteiger partial charge in [0.25, 0.3) is 0 Å². The van der Waals surface area contributed by atoms with Crippen LogP contribution in [-0.2, 0) is 4.79 Å². The number of carboxylic acid groups (broad SMARTS) is 1. The zero-order valence-corrected chi connectivity index (χ0v) is 10.4. The number of aliphatic carboxylic acids is 1. The smallest absolute Gasteiger partial charge is 0.318 e. The molecule has 0 bridgehead atoms. The molecule has 1 aromatic carbocycles. The second kappa shape index (κ2) is 4.35. The lowest BCUT2D eigenvalue weighted by Gasteiger charge is -2.44. The third-order valence-electron chi connectivity index (χ3n) is 3.95. The number of Topliss-reactive ketones (excluding diaryl/α,β-unsaturated/α-hetero) is 1. The quantitative estimate of drug-likeness (QED) is 0.740. The second-order valence-corrected chi connectivity index (χ2v) is 5.05. The van der Waals surface area contributed by atoms with Crippen LogP contribution in [0, 0.1) is 5.92 Å². The van der Waals surface area contributed by atoms with Gasteiger partial charge in [0.15, 0.2) is 11.7 Å². The Morgan fingerprint density at radius 1 is 1.32 bits per heavy atom. The largest absolute Gasteiger partial charge is 0.485 e. The summed E-state index contributed by atoms with van der Waals surface area (Å²) in [5.41, 5.74) is -0.526. The molecule has 0 aliphatic carbocycles. The molecule has 1 aromatic rings. The monoisotopic (exact) mass is 261 g/mol. The van der Waals surface area contributed by atoms with Crippen LogP contribution in [0.5, 0.6) is 5.75 Å². The van der Waals surface area contributed by atoms with Crippen LogP contribution in [0.2, 0.25) is 0 Å². The van der Waals surface area contributed by atoms with Gasteiger partial charge in [0.05, 0.1) is 5.56 Å². The van der Waals surface area contributed by atoms with Crippen molar-refractivity contribution in [3.05, 3.63) is 29.8 Å². The van der Waals surface area contributed by atoms with Crippen LogP contribution >= 0.6 is 0 Å². The predicted octanol–water partition coefficient (Wildman–Crippen LogP) is 1.08. The van der Waals surface area contributed by atoms with Gasteiger partial charge in [0.1, 0.15) is 11.4 Å². The lowest BCUT2D eigenvalue weighted by Crippen LogP contribution is -2.58. The van der Waals surface area contributed by atoms with Crippen molar-refractivity contribution in [1.29, 1.82) is 0 Å². The molecule has 2 N–H and O–H groups in total. The number of fused-ring (bicyclic) bond motifs is 1. The van der Waals surface area contributed by atoms with E-state index in [0.717, 1.165) is 0 Å². The van der Waals surface area contributed by atoms with Gasteiger partial charge in [-0.1, -0.05) is 12.1 Å².